The van der Waals surface area contributed by atoms with Gasteiger partial charge in [0, 0.05) is 12.1 Å². The van der Waals surface area contributed by atoms with Crippen molar-refractivity contribution in [3.63, 3.8) is 0 Å². The number of hydrogen-bond donors (Lipinski definition) is 2. The Kier molecular flexibility index (Phi) is 4.71. The Hall–Kier alpha value is -0.770. The summed E-state index contributed by atoms with van der Waals surface area (Å²) in [7, 11) is 0. The molecule has 19 heavy (non-hydrogen) atoms. The van der Waals surface area contributed by atoms with E-state index in [1.54, 1.807) is 0 Å². The number of rotatable bonds is 4. The third-order valence-electron chi connectivity index (χ3n) is 3.84. The molecule has 2 N–H and O–H groups in total. The molecule has 0 aliphatic heterocycles. The number of carbonyl (C=O) groups is 1. The molecule has 0 atom stereocenters. The highest BCUT2D eigenvalue weighted by Gasteiger charge is 2.26. The number of carbonyl (C=O) groups excluding carboxylic acids is 1. The minimum absolute atomic E-state index is 0.276. The highest BCUT2D eigenvalue weighted by molar-refractivity contribution is 5.68. The second kappa shape index (κ2) is 6.12. The zero-order valence-electron chi connectivity index (χ0n) is 12.5. The van der Waals surface area contributed by atoms with Crippen LogP contribution in [0.5, 0.6) is 0 Å². The van der Waals surface area contributed by atoms with E-state index in [2.05, 4.69) is 10.6 Å². The third kappa shape index (κ3) is 5.81. The number of alkyl carbamates (subject to hydrolysis) is 1. The first-order valence-electron chi connectivity index (χ1n) is 7.65. The van der Waals surface area contributed by atoms with Crippen molar-refractivity contribution >= 4 is 6.09 Å². The number of nitrogens with one attached hydrogen (secondary N) is 2. The molecule has 0 bridgehead atoms. The molecule has 0 unspecified atom stereocenters. The summed E-state index contributed by atoms with van der Waals surface area (Å²) in [6.07, 6.45) is 6.97. The molecule has 2 rings (SSSR count). The topological polar surface area (TPSA) is 50.4 Å². The summed E-state index contributed by atoms with van der Waals surface area (Å²) >= 11 is 0. The summed E-state index contributed by atoms with van der Waals surface area (Å²) < 4.78 is 5.29. The molecule has 0 heterocycles. The van der Waals surface area contributed by atoms with Gasteiger partial charge in [0.15, 0.2) is 0 Å². The first-order valence-corrected chi connectivity index (χ1v) is 7.65. The maximum atomic E-state index is 11.7. The van der Waals surface area contributed by atoms with Gasteiger partial charge in [-0.1, -0.05) is 0 Å². The molecule has 0 aromatic rings. The van der Waals surface area contributed by atoms with Gasteiger partial charge in [-0.05, 0) is 71.8 Å². The lowest BCUT2D eigenvalue weighted by atomic mass is 9.91. The Labute approximate surface area is 116 Å². The van der Waals surface area contributed by atoms with Crippen LogP contribution in [0.15, 0.2) is 0 Å². The SMILES string of the molecule is CC(C)(C)OC(=O)NC1CCC(NCC2CC2)CC1. The lowest BCUT2D eigenvalue weighted by molar-refractivity contribution is 0.0490. The molecule has 0 saturated heterocycles. The molecule has 2 aliphatic rings. The van der Waals surface area contributed by atoms with Crippen LogP contribution in [0.3, 0.4) is 0 Å². The first-order chi connectivity index (χ1) is 8.92. The average Bonchev–Trinajstić information content (AvgIpc) is 3.09. The number of ether oxygens (including phenoxy) is 1. The van der Waals surface area contributed by atoms with E-state index in [9.17, 15) is 4.79 Å². The van der Waals surface area contributed by atoms with Crippen LogP contribution in [0.4, 0.5) is 4.79 Å². The summed E-state index contributed by atoms with van der Waals surface area (Å²) in [6.45, 7) is 6.87. The Morgan fingerprint density at radius 1 is 1.05 bits per heavy atom. The van der Waals surface area contributed by atoms with Gasteiger partial charge in [-0.2, -0.15) is 0 Å². The third-order valence-corrected chi connectivity index (χ3v) is 3.84. The van der Waals surface area contributed by atoms with Gasteiger partial charge in [0.2, 0.25) is 0 Å². The van der Waals surface area contributed by atoms with Crippen molar-refractivity contribution in [2.45, 2.75) is 77.0 Å². The normalized spacial score (nSPS) is 27.9. The predicted octanol–water partition coefficient (Wildman–Crippen LogP) is 2.82. The van der Waals surface area contributed by atoms with Crippen molar-refractivity contribution in [2.75, 3.05) is 6.54 Å². The number of hydrogen-bond acceptors (Lipinski definition) is 3. The maximum Gasteiger partial charge on any atom is 0.407 e. The van der Waals surface area contributed by atoms with Gasteiger partial charge in [0.05, 0.1) is 0 Å². The van der Waals surface area contributed by atoms with Gasteiger partial charge in [-0.15, -0.1) is 0 Å². The van der Waals surface area contributed by atoms with Crippen LogP contribution in [0.2, 0.25) is 0 Å². The molecular formula is C15H28N2O2. The fourth-order valence-electron chi connectivity index (χ4n) is 2.57. The smallest absolute Gasteiger partial charge is 0.407 e. The van der Waals surface area contributed by atoms with Crippen molar-refractivity contribution in [1.82, 2.24) is 10.6 Å². The molecule has 0 aromatic heterocycles. The van der Waals surface area contributed by atoms with E-state index in [-0.39, 0.29) is 12.1 Å². The second-order valence-corrected chi connectivity index (χ2v) is 7.05. The van der Waals surface area contributed by atoms with Crippen molar-refractivity contribution in [2.24, 2.45) is 5.92 Å². The fraction of sp³-hybridized carbons (Fsp3) is 0.933. The lowest BCUT2D eigenvalue weighted by Crippen LogP contribution is -2.44. The van der Waals surface area contributed by atoms with E-state index in [0.29, 0.717) is 6.04 Å². The average molecular weight is 268 g/mol. The van der Waals surface area contributed by atoms with Crippen molar-refractivity contribution in [3.8, 4) is 0 Å². The molecule has 4 heteroatoms. The quantitative estimate of drug-likeness (QED) is 0.824. The largest absolute Gasteiger partial charge is 0.444 e. The van der Waals surface area contributed by atoms with Gasteiger partial charge in [0.1, 0.15) is 5.60 Å². The zero-order valence-corrected chi connectivity index (χ0v) is 12.5. The highest BCUT2D eigenvalue weighted by atomic mass is 16.6. The van der Waals surface area contributed by atoms with Gasteiger partial charge < -0.3 is 15.4 Å². The molecule has 2 fully saturated rings. The molecule has 2 aliphatic carbocycles. The molecule has 2 saturated carbocycles. The monoisotopic (exact) mass is 268 g/mol. The fourth-order valence-corrected chi connectivity index (χ4v) is 2.57. The van der Waals surface area contributed by atoms with Crippen molar-refractivity contribution in [3.05, 3.63) is 0 Å². The van der Waals surface area contributed by atoms with Gasteiger partial charge in [0.25, 0.3) is 0 Å². The van der Waals surface area contributed by atoms with E-state index in [4.69, 9.17) is 4.74 Å². The first kappa shape index (κ1) is 14.6. The summed E-state index contributed by atoms with van der Waals surface area (Å²) in [5.41, 5.74) is -0.410. The predicted molar refractivity (Wildman–Crippen MR) is 76.1 cm³/mol. The van der Waals surface area contributed by atoms with Crippen LogP contribution < -0.4 is 10.6 Å². The van der Waals surface area contributed by atoms with Crippen LogP contribution >= 0.6 is 0 Å². The molecule has 110 valence electrons. The Bertz CT molecular complexity index is 300. The second-order valence-electron chi connectivity index (χ2n) is 7.05. The number of amides is 1. The minimum atomic E-state index is -0.410. The van der Waals surface area contributed by atoms with E-state index in [1.807, 2.05) is 20.8 Å². The Balaban J connectivity index is 1.61. The van der Waals surface area contributed by atoms with E-state index in [1.165, 1.54) is 19.4 Å². The van der Waals surface area contributed by atoms with Gasteiger partial charge in [-0.3, -0.25) is 0 Å². The van der Waals surface area contributed by atoms with E-state index >= 15 is 0 Å². The van der Waals surface area contributed by atoms with Crippen LogP contribution in [-0.2, 0) is 4.74 Å². The Morgan fingerprint density at radius 2 is 1.63 bits per heavy atom. The maximum absolute atomic E-state index is 11.7. The van der Waals surface area contributed by atoms with Crippen LogP contribution in [0, 0.1) is 5.92 Å². The summed E-state index contributed by atoms with van der Waals surface area (Å²) in [5, 5.41) is 6.64. The molecular weight excluding hydrogens is 240 g/mol. The highest BCUT2D eigenvalue weighted by Crippen LogP contribution is 2.28. The molecule has 1 amide bonds. The summed E-state index contributed by atoms with van der Waals surface area (Å²) in [6, 6.07) is 0.936. The lowest BCUT2D eigenvalue weighted by Gasteiger charge is -2.30. The van der Waals surface area contributed by atoms with Gasteiger partial charge in [-0.25, -0.2) is 4.79 Å². The molecule has 0 aromatic carbocycles. The van der Waals surface area contributed by atoms with Crippen molar-refractivity contribution < 1.29 is 9.53 Å². The minimum Gasteiger partial charge on any atom is -0.444 e. The van der Waals surface area contributed by atoms with Crippen LogP contribution in [0.25, 0.3) is 0 Å². The van der Waals surface area contributed by atoms with E-state index in [0.717, 1.165) is 31.6 Å². The van der Waals surface area contributed by atoms with Crippen molar-refractivity contribution in [1.29, 1.82) is 0 Å². The van der Waals surface area contributed by atoms with Crippen LogP contribution in [0.1, 0.15) is 59.3 Å². The molecule has 0 spiro atoms. The summed E-state index contributed by atoms with van der Waals surface area (Å²) in [4.78, 5) is 11.7. The standard InChI is InChI=1S/C15H28N2O2/c1-15(2,3)19-14(18)17-13-8-6-12(7-9-13)16-10-11-4-5-11/h11-13,16H,4-10H2,1-3H3,(H,17,18). The van der Waals surface area contributed by atoms with E-state index < -0.39 is 5.60 Å². The Morgan fingerprint density at radius 3 is 2.16 bits per heavy atom. The molecule has 4 nitrogen and oxygen atoms in total. The summed E-state index contributed by atoms with van der Waals surface area (Å²) in [5.74, 6) is 0.942. The zero-order chi connectivity index (χ0) is 13.9. The van der Waals surface area contributed by atoms with Crippen LogP contribution in [-0.4, -0.2) is 30.3 Å². The molecule has 0 radical (unpaired) electrons. The van der Waals surface area contributed by atoms with Gasteiger partial charge >= 0.3 is 6.09 Å².